The number of aliphatic imine (C=N–C) groups is 1. The SMILES string of the molecule is CCOC(=O)C1=CN=CC(C(=O)OCC)C1. The number of hydrogen-bond acceptors (Lipinski definition) is 5. The second-order valence-corrected chi connectivity index (χ2v) is 3.24. The Bertz CT molecular complexity index is 333. The number of carbonyl (C=O) groups is 2. The smallest absolute Gasteiger partial charge is 0.335 e. The van der Waals surface area contributed by atoms with Gasteiger partial charge in [-0.25, -0.2) is 4.79 Å². The van der Waals surface area contributed by atoms with Crippen molar-refractivity contribution in [2.45, 2.75) is 20.3 Å². The van der Waals surface area contributed by atoms with Gasteiger partial charge in [-0.2, -0.15) is 0 Å². The van der Waals surface area contributed by atoms with Gasteiger partial charge in [0.05, 0.1) is 24.7 Å². The zero-order chi connectivity index (χ0) is 12.0. The van der Waals surface area contributed by atoms with Crippen LogP contribution in [0.25, 0.3) is 0 Å². The van der Waals surface area contributed by atoms with Crippen molar-refractivity contribution < 1.29 is 19.1 Å². The van der Waals surface area contributed by atoms with Crippen molar-refractivity contribution in [3.8, 4) is 0 Å². The van der Waals surface area contributed by atoms with Crippen LogP contribution < -0.4 is 0 Å². The normalized spacial score (nSPS) is 18.9. The van der Waals surface area contributed by atoms with Gasteiger partial charge in [-0.15, -0.1) is 0 Å². The average Bonchev–Trinajstić information content (AvgIpc) is 2.30. The van der Waals surface area contributed by atoms with E-state index in [9.17, 15) is 9.59 Å². The van der Waals surface area contributed by atoms with Gasteiger partial charge in [-0.05, 0) is 20.3 Å². The van der Waals surface area contributed by atoms with Gasteiger partial charge in [0.15, 0.2) is 0 Å². The second-order valence-electron chi connectivity index (χ2n) is 3.24. The van der Waals surface area contributed by atoms with Crippen LogP contribution in [0.1, 0.15) is 20.3 Å². The zero-order valence-corrected chi connectivity index (χ0v) is 9.43. The summed E-state index contributed by atoms with van der Waals surface area (Å²) in [5.74, 6) is -1.26. The van der Waals surface area contributed by atoms with Crippen molar-refractivity contribution >= 4 is 18.2 Å². The van der Waals surface area contributed by atoms with Crippen LogP contribution in [-0.2, 0) is 19.1 Å². The highest BCUT2D eigenvalue weighted by Gasteiger charge is 2.25. The van der Waals surface area contributed by atoms with Crippen molar-refractivity contribution in [2.75, 3.05) is 13.2 Å². The molecule has 0 saturated heterocycles. The molecule has 1 aliphatic rings. The van der Waals surface area contributed by atoms with Crippen molar-refractivity contribution in [1.29, 1.82) is 0 Å². The maximum atomic E-state index is 11.4. The first-order chi connectivity index (χ1) is 7.69. The van der Waals surface area contributed by atoms with Gasteiger partial charge in [0.1, 0.15) is 0 Å². The van der Waals surface area contributed by atoms with E-state index < -0.39 is 11.9 Å². The Hall–Kier alpha value is -1.65. The lowest BCUT2D eigenvalue weighted by molar-refractivity contribution is -0.145. The first-order valence-corrected chi connectivity index (χ1v) is 5.25. The Morgan fingerprint density at radius 1 is 1.38 bits per heavy atom. The highest BCUT2D eigenvalue weighted by atomic mass is 16.5. The van der Waals surface area contributed by atoms with Crippen LogP contribution in [0.4, 0.5) is 0 Å². The molecule has 0 amide bonds. The minimum atomic E-state index is -0.482. The summed E-state index contributed by atoms with van der Waals surface area (Å²) in [6.45, 7) is 4.10. The van der Waals surface area contributed by atoms with Gasteiger partial charge in [-0.3, -0.25) is 9.79 Å². The van der Waals surface area contributed by atoms with Gasteiger partial charge in [0.25, 0.3) is 0 Å². The topological polar surface area (TPSA) is 65.0 Å². The number of rotatable bonds is 4. The first kappa shape index (κ1) is 12.4. The van der Waals surface area contributed by atoms with Crippen molar-refractivity contribution in [2.24, 2.45) is 10.9 Å². The van der Waals surface area contributed by atoms with E-state index in [2.05, 4.69) is 4.99 Å². The number of carbonyl (C=O) groups excluding carboxylic acids is 2. The molecular formula is C11H15NO4. The molecule has 0 aromatic carbocycles. The lowest BCUT2D eigenvalue weighted by Crippen LogP contribution is -2.23. The summed E-state index contributed by atoms with van der Waals surface area (Å²) in [5, 5.41) is 0. The Kier molecular flexibility index (Phi) is 4.69. The third-order valence-electron chi connectivity index (χ3n) is 2.06. The van der Waals surface area contributed by atoms with E-state index in [-0.39, 0.29) is 5.97 Å². The number of esters is 2. The molecule has 1 rings (SSSR count). The molecule has 0 aromatic rings. The Balaban J connectivity index is 2.59. The molecule has 0 fully saturated rings. The molecule has 0 spiro atoms. The summed E-state index contributed by atoms with van der Waals surface area (Å²) in [4.78, 5) is 26.7. The molecule has 5 heteroatoms. The van der Waals surface area contributed by atoms with Gasteiger partial charge in [0, 0.05) is 12.4 Å². The van der Waals surface area contributed by atoms with Gasteiger partial charge < -0.3 is 9.47 Å². The van der Waals surface area contributed by atoms with Crippen LogP contribution in [0.2, 0.25) is 0 Å². The lowest BCUT2D eigenvalue weighted by atomic mass is 9.99. The molecule has 1 atom stereocenters. The standard InChI is InChI=1S/C11H15NO4/c1-3-15-10(13)8-5-9(7-12-6-8)11(14)16-4-2/h6-8H,3-5H2,1-2H3. The van der Waals surface area contributed by atoms with Crippen LogP contribution >= 0.6 is 0 Å². The monoisotopic (exact) mass is 225 g/mol. The quantitative estimate of drug-likeness (QED) is 0.672. The van der Waals surface area contributed by atoms with Crippen molar-refractivity contribution in [1.82, 2.24) is 0 Å². The fourth-order valence-electron chi connectivity index (χ4n) is 1.33. The molecule has 1 heterocycles. The van der Waals surface area contributed by atoms with E-state index in [1.807, 2.05) is 0 Å². The minimum absolute atomic E-state index is 0.293. The van der Waals surface area contributed by atoms with Crippen LogP contribution in [-0.4, -0.2) is 31.4 Å². The fourth-order valence-corrected chi connectivity index (χ4v) is 1.33. The van der Waals surface area contributed by atoms with Crippen LogP contribution in [0.3, 0.4) is 0 Å². The minimum Gasteiger partial charge on any atom is -0.465 e. The average molecular weight is 225 g/mol. The molecule has 1 unspecified atom stereocenters. The summed E-state index contributed by atoms with van der Waals surface area (Å²) in [6.07, 6.45) is 3.20. The molecule has 0 saturated carbocycles. The molecule has 0 bridgehead atoms. The fraction of sp³-hybridized carbons (Fsp3) is 0.545. The van der Waals surface area contributed by atoms with E-state index in [1.54, 1.807) is 13.8 Å². The zero-order valence-electron chi connectivity index (χ0n) is 9.43. The summed E-state index contributed by atoms with van der Waals surface area (Å²) < 4.78 is 9.70. The first-order valence-electron chi connectivity index (χ1n) is 5.25. The van der Waals surface area contributed by atoms with Gasteiger partial charge >= 0.3 is 11.9 Å². The Morgan fingerprint density at radius 3 is 2.69 bits per heavy atom. The van der Waals surface area contributed by atoms with E-state index >= 15 is 0 Å². The molecule has 0 radical (unpaired) electrons. The third kappa shape index (κ3) is 3.18. The highest BCUT2D eigenvalue weighted by molar-refractivity contribution is 5.96. The van der Waals surface area contributed by atoms with E-state index in [1.165, 1.54) is 12.4 Å². The molecule has 16 heavy (non-hydrogen) atoms. The van der Waals surface area contributed by atoms with E-state index in [4.69, 9.17) is 9.47 Å². The molecule has 1 aliphatic heterocycles. The van der Waals surface area contributed by atoms with Gasteiger partial charge in [0.2, 0.25) is 0 Å². The predicted octanol–water partition coefficient (Wildman–Crippen LogP) is 1.09. The summed E-state index contributed by atoms with van der Waals surface area (Å²) in [6, 6.07) is 0. The number of hydrogen-bond donors (Lipinski definition) is 0. The molecule has 88 valence electrons. The maximum absolute atomic E-state index is 11.4. The van der Waals surface area contributed by atoms with Gasteiger partial charge in [-0.1, -0.05) is 0 Å². The highest BCUT2D eigenvalue weighted by Crippen LogP contribution is 2.17. The molecular weight excluding hydrogens is 210 g/mol. The second kappa shape index (κ2) is 6.05. The lowest BCUT2D eigenvalue weighted by Gasteiger charge is -2.15. The van der Waals surface area contributed by atoms with Crippen LogP contribution in [0.5, 0.6) is 0 Å². The Morgan fingerprint density at radius 2 is 2.06 bits per heavy atom. The van der Waals surface area contributed by atoms with Crippen molar-refractivity contribution in [3.63, 3.8) is 0 Å². The van der Waals surface area contributed by atoms with Crippen LogP contribution in [0, 0.1) is 5.92 Å². The predicted molar refractivity (Wildman–Crippen MR) is 57.9 cm³/mol. The largest absolute Gasteiger partial charge is 0.465 e. The van der Waals surface area contributed by atoms with Crippen LogP contribution in [0.15, 0.2) is 16.8 Å². The third-order valence-corrected chi connectivity index (χ3v) is 2.06. The molecule has 0 aromatic heterocycles. The summed E-state index contributed by atoms with van der Waals surface area (Å²) in [7, 11) is 0. The molecule has 0 aliphatic carbocycles. The summed E-state index contributed by atoms with van der Waals surface area (Å²) >= 11 is 0. The number of ether oxygens (including phenoxy) is 2. The van der Waals surface area contributed by atoms with Crippen molar-refractivity contribution in [3.05, 3.63) is 11.8 Å². The molecule has 0 N–H and O–H groups in total. The van der Waals surface area contributed by atoms with E-state index in [0.29, 0.717) is 25.2 Å². The number of nitrogens with zero attached hydrogens (tertiary/aromatic N) is 1. The van der Waals surface area contributed by atoms with E-state index in [0.717, 1.165) is 0 Å². The summed E-state index contributed by atoms with van der Waals surface area (Å²) in [5.41, 5.74) is 0.405. The Labute approximate surface area is 94.1 Å². The maximum Gasteiger partial charge on any atom is 0.335 e. The molecule has 5 nitrogen and oxygen atoms in total.